The minimum absolute atomic E-state index is 0.0769. The van der Waals surface area contributed by atoms with E-state index in [-0.39, 0.29) is 40.2 Å². The molecule has 1 atom stereocenters. The number of hydrogen-bond acceptors (Lipinski definition) is 8. The summed E-state index contributed by atoms with van der Waals surface area (Å²) < 4.78 is 20.0. The Morgan fingerprint density at radius 2 is 1.94 bits per heavy atom. The number of benzene rings is 1. The number of rotatable bonds is 3. The molecule has 1 aromatic carbocycles. The van der Waals surface area contributed by atoms with Gasteiger partial charge in [-0.2, -0.15) is 0 Å². The van der Waals surface area contributed by atoms with E-state index in [4.69, 9.17) is 15.6 Å². The van der Waals surface area contributed by atoms with E-state index in [2.05, 4.69) is 0 Å². The number of ether oxygens (including phenoxy) is 1. The van der Waals surface area contributed by atoms with Crippen molar-refractivity contribution in [3.63, 3.8) is 0 Å². The van der Waals surface area contributed by atoms with Gasteiger partial charge >= 0.3 is 0 Å². The Morgan fingerprint density at radius 1 is 1.25 bits per heavy atom. The molecule has 168 valence electrons. The van der Waals surface area contributed by atoms with Gasteiger partial charge in [-0.15, -0.1) is 0 Å². The molecular weight excluding hydrogens is 437 g/mol. The van der Waals surface area contributed by atoms with E-state index in [1.54, 1.807) is 31.2 Å². The summed E-state index contributed by atoms with van der Waals surface area (Å²) in [6.45, 7) is 0.727. The van der Waals surface area contributed by atoms with Crippen molar-refractivity contribution in [3.8, 4) is 5.75 Å². The van der Waals surface area contributed by atoms with Crippen molar-refractivity contribution < 1.29 is 19.0 Å². The zero-order valence-corrected chi connectivity index (χ0v) is 18.3. The summed E-state index contributed by atoms with van der Waals surface area (Å²) in [6, 6.07) is 5.68. The summed E-state index contributed by atoms with van der Waals surface area (Å²) in [5, 5.41) is 28.7. The van der Waals surface area contributed by atoms with Crippen molar-refractivity contribution >= 4 is 27.8 Å². The molecule has 32 heavy (non-hydrogen) atoms. The Morgan fingerprint density at radius 3 is 2.56 bits per heavy atom. The Balaban J connectivity index is 1.65. The zero-order chi connectivity index (χ0) is 23.2. The first-order valence-electron chi connectivity index (χ1n) is 9.83. The molecule has 0 bridgehead atoms. The van der Waals surface area contributed by atoms with Crippen LogP contribution in [0.15, 0.2) is 35.3 Å². The monoisotopic (exact) mass is 459 g/mol. The molecule has 1 amide bonds. The summed E-state index contributed by atoms with van der Waals surface area (Å²) in [5.74, 6) is -1.64. The van der Waals surface area contributed by atoms with Crippen LogP contribution < -0.4 is 10.4 Å². The number of pyridine rings is 1. The van der Waals surface area contributed by atoms with Crippen molar-refractivity contribution in [2.45, 2.75) is 18.5 Å². The molecule has 3 N–H and O–H groups in total. The largest absolute Gasteiger partial charge is 0.502 e. The summed E-state index contributed by atoms with van der Waals surface area (Å²) in [5.41, 5.74) is -1.23. The minimum atomic E-state index is -0.850. The van der Waals surface area contributed by atoms with Crippen LogP contribution in [0.4, 0.5) is 4.39 Å². The zero-order valence-electron chi connectivity index (χ0n) is 17.5. The van der Waals surface area contributed by atoms with E-state index in [1.807, 2.05) is 0 Å². The first-order valence-corrected chi connectivity index (χ1v) is 10.6. The molecule has 1 unspecified atom stereocenters. The normalized spacial score (nSPS) is 20.0. The van der Waals surface area contributed by atoms with Crippen LogP contribution in [0.3, 0.4) is 0 Å². The molecule has 1 fully saturated rings. The molecule has 1 aromatic heterocycles. The third-order valence-electron chi connectivity index (χ3n) is 5.95. The van der Waals surface area contributed by atoms with Crippen molar-refractivity contribution in [1.82, 2.24) is 9.58 Å². The van der Waals surface area contributed by atoms with Gasteiger partial charge in [0, 0.05) is 33.1 Å². The number of thioether (sulfide) groups is 1. The number of aromatic hydroxyl groups is 1. The van der Waals surface area contributed by atoms with Gasteiger partial charge in [-0.25, -0.2) is 4.39 Å². The SMILES string of the molecule is CN1C(=O)c2c(O)c(=O)c(C(=N)SC(=N)Cc3ccc(F)cc3)cn2N(C)C12CCOC2. The van der Waals surface area contributed by atoms with Gasteiger partial charge in [-0.1, -0.05) is 23.9 Å². The first kappa shape index (κ1) is 22.0. The smallest absolute Gasteiger partial charge is 0.278 e. The molecule has 0 aliphatic carbocycles. The molecule has 9 nitrogen and oxygen atoms in total. The maximum absolute atomic E-state index is 13.1. The van der Waals surface area contributed by atoms with E-state index in [1.165, 1.54) is 27.9 Å². The van der Waals surface area contributed by atoms with E-state index in [0.717, 1.165) is 11.8 Å². The van der Waals surface area contributed by atoms with Crippen LogP contribution in [0.2, 0.25) is 0 Å². The first-order chi connectivity index (χ1) is 15.2. The molecule has 11 heteroatoms. The third kappa shape index (κ3) is 3.47. The third-order valence-corrected chi connectivity index (χ3v) is 6.76. The lowest BCUT2D eigenvalue weighted by Crippen LogP contribution is -2.68. The lowest BCUT2D eigenvalue weighted by Gasteiger charge is -2.50. The second kappa shape index (κ2) is 8.06. The summed E-state index contributed by atoms with van der Waals surface area (Å²) in [6.07, 6.45) is 2.06. The van der Waals surface area contributed by atoms with Gasteiger partial charge in [-0.05, 0) is 17.7 Å². The number of aromatic nitrogens is 1. The second-order valence-electron chi connectivity index (χ2n) is 7.74. The van der Waals surface area contributed by atoms with Gasteiger partial charge in [0.25, 0.3) is 5.91 Å². The molecule has 2 aliphatic rings. The van der Waals surface area contributed by atoms with Gasteiger partial charge < -0.3 is 14.7 Å². The maximum atomic E-state index is 13.1. The van der Waals surface area contributed by atoms with Crippen LogP contribution >= 0.6 is 11.8 Å². The lowest BCUT2D eigenvalue weighted by atomic mass is 10.0. The number of carbonyl (C=O) groups excluding carboxylic acids is 1. The van der Waals surface area contributed by atoms with Crippen LogP contribution in [0.1, 0.15) is 28.0 Å². The number of nitrogens with one attached hydrogen (secondary N) is 2. The number of likely N-dealkylation sites (N-methyl/N-ethyl adjacent to an activating group) is 2. The Kier molecular flexibility index (Phi) is 5.55. The quantitative estimate of drug-likeness (QED) is 0.475. The number of fused-ring (bicyclic) bond motifs is 1. The highest BCUT2D eigenvalue weighted by Gasteiger charge is 2.50. The molecule has 4 rings (SSSR count). The van der Waals surface area contributed by atoms with Crippen LogP contribution in [-0.2, 0) is 11.2 Å². The fraction of sp³-hybridized carbons (Fsp3) is 0.333. The van der Waals surface area contributed by atoms with Crippen molar-refractivity contribution in [2.75, 3.05) is 32.3 Å². The Labute approximate surface area is 187 Å². The summed E-state index contributed by atoms with van der Waals surface area (Å²) in [7, 11) is 3.33. The highest BCUT2D eigenvalue weighted by Crippen LogP contribution is 2.34. The van der Waals surface area contributed by atoms with Crippen LogP contribution in [0, 0.1) is 16.6 Å². The van der Waals surface area contributed by atoms with E-state index < -0.39 is 22.7 Å². The van der Waals surface area contributed by atoms with Crippen LogP contribution in [-0.4, -0.2) is 63.6 Å². The fourth-order valence-electron chi connectivity index (χ4n) is 4.02. The molecule has 0 saturated carbocycles. The van der Waals surface area contributed by atoms with E-state index in [0.29, 0.717) is 18.6 Å². The van der Waals surface area contributed by atoms with Gasteiger partial charge in [0.2, 0.25) is 5.43 Å². The predicted octanol–water partition coefficient (Wildman–Crippen LogP) is 1.74. The molecular formula is C21H22FN5O4S. The average molecular weight is 460 g/mol. The molecule has 2 aromatic rings. The number of nitrogens with zero attached hydrogens (tertiary/aromatic N) is 3. The number of hydrogen-bond donors (Lipinski definition) is 3. The molecule has 0 radical (unpaired) electrons. The van der Waals surface area contributed by atoms with Crippen molar-refractivity contribution in [1.29, 1.82) is 10.8 Å². The van der Waals surface area contributed by atoms with Gasteiger partial charge in [-0.3, -0.25) is 30.1 Å². The Hall–Kier alpha value is -3.18. The number of amides is 1. The van der Waals surface area contributed by atoms with Crippen LogP contribution in [0.25, 0.3) is 0 Å². The van der Waals surface area contributed by atoms with Crippen LogP contribution in [0.5, 0.6) is 5.75 Å². The predicted molar refractivity (Wildman–Crippen MR) is 119 cm³/mol. The van der Waals surface area contributed by atoms with Crippen molar-refractivity contribution in [2.24, 2.45) is 0 Å². The van der Waals surface area contributed by atoms with Gasteiger partial charge in [0.1, 0.15) is 10.9 Å². The Bertz CT molecular complexity index is 1170. The highest BCUT2D eigenvalue weighted by molar-refractivity contribution is 8.26. The highest BCUT2D eigenvalue weighted by atomic mass is 32.2. The molecule has 2 aliphatic heterocycles. The lowest BCUT2D eigenvalue weighted by molar-refractivity contribution is 0.0331. The summed E-state index contributed by atoms with van der Waals surface area (Å²) >= 11 is 0.761. The molecule has 3 heterocycles. The average Bonchev–Trinajstić information content (AvgIpc) is 3.25. The molecule has 1 spiro atoms. The fourth-order valence-corrected chi connectivity index (χ4v) is 4.76. The molecule has 1 saturated heterocycles. The van der Waals surface area contributed by atoms with E-state index in [9.17, 15) is 19.1 Å². The van der Waals surface area contributed by atoms with Crippen molar-refractivity contribution in [3.05, 3.63) is 63.3 Å². The van der Waals surface area contributed by atoms with E-state index >= 15 is 0 Å². The van der Waals surface area contributed by atoms with Gasteiger partial charge in [0.05, 0.1) is 23.8 Å². The topological polar surface area (TPSA) is 123 Å². The number of halogens is 1. The summed E-state index contributed by atoms with van der Waals surface area (Å²) in [4.78, 5) is 27.2. The van der Waals surface area contributed by atoms with Gasteiger partial charge in [0.15, 0.2) is 17.1 Å². The maximum Gasteiger partial charge on any atom is 0.278 e. The second-order valence-corrected chi connectivity index (χ2v) is 8.85. The standard InChI is InChI=1S/C21H22FN5O4S/c1-25-20(30)16-18(29)17(28)14(10-27(16)26(2)21(25)7-8-31-11-21)19(24)32-15(23)9-12-3-5-13(22)6-4-12/h3-6,10,23-24,29H,7-9,11H2,1-2H3. The minimum Gasteiger partial charge on any atom is -0.502 e. The number of carbonyl (C=O) groups is 1.